The number of halogens is 2. The van der Waals surface area contributed by atoms with Gasteiger partial charge in [0.2, 0.25) is 5.69 Å². The minimum Gasteiger partial charge on any atom is -0.466 e. The highest BCUT2D eigenvalue weighted by molar-refractivity contribution is 5.92. The molecule has 0 radical (unpaired) electrons. The van der Waals surface area contributed by atoms with Gasteiger partial charge < -0.3 is 9.64 Å². The van der Waals surface area contributed by atoms with E-state index in [9.17, 15) is 28.0 Å². The third-order valence-corrected chi connectivity index (χ3v) is 5.93. The van der Waals surface area contributed by atoms with Crippen molar-refractivity contribution in [1.29, 1.82) is 0 Å². The predicted molar refractivity (Wildman–Crippen MR) is 125 cm³/mol. The van der Waals surface area contributed by atoms with Gasteiger partial charge in [0, 0.05) is 13.1 Å². The summed E-state index contributed by atoms with van der Waals surface area (Å²) in [6, 6.07) is 10.5. The number of benzene rings is 2. The molecule has 0 spiro atoms. The lowest BCUT2D eigenvalue weighted by Crippen LogP contribution is -2.49. The average Bonchev–Trinajstić information content (AvgIpc) is 2.88. The molecule has 4 rings (SSSR count). The maximum atomic E-state index is 14.6. The number of hydrogen-bond acceptors (Lipinski definition) is 6. The number of hydrogen-bond donors (Lipinski definition) is 0. The molecule has 2 aromatic carbocycles. The van der Waals surface area contributed by atoms with Gasteiger partial charge in [0.05, 0.1) is 19.1 Å². The molecule has 9 nitrogen and oxygen atoms in total. The van der Waals surface area contributed by atoms with E-state index in [0.717, 1.165) is 10.6 Å². The normalized spacial score (nSPS) is 15.5. The molecular weight excluding hydrogens is 474 g/mol. The Morgan fingerprint density at radius 1 is 1.08 bits per heavy atom. The van der Waals surface area contributed by atoms with Crippen molar-refractivity contribution in [3.8, 4) is 5.69 Å². The number of para-hydroxylation sites is 1. The van der Waals surface area contributed by atoms with Gasteiger partial charge in [0.25, 0.3) is 11.5 Å². The highest BCUT2D eigenvalue weighted by Crippen LogP contribution is 2.19. The number of carbonyl (C=O) groups excluding carboxylic acids is 2. The lowest BCUT2D eigenvalue weighted by atomic mass is 9.98. The average molecular weight is 498 g/mol. The zero-order valence-electron chi connectivity index (χ0n) is 19.5. The maximum Gasteiger partial charge on any atom is 0.352 e. The predicted octanol–water partition coefficient (Wildman–Crippen LogP) is 2.14. The first-order chi connectivity index (χ1) is 17.3. The summed E-state index contributed by atoms with van der Waals surface area (Å²) in [6.07, 6.45) is 1.03. The van der Waals surface area contributed by atoms with Crippen LogP contribution in [0.1, 0.15) is 35.8 Å². The van der Waals surface area contributed by atoms with Crippen molar-refractivity contribution in [2.45, 2.75) is 26.3 Å². The number of ether oxygens (including phenoxy) is 1. The summed E-state index contributed by atoms with van der Waals surface area (Å²) >= 11 is 0. The Labute approximate surface area is 204 Å². The number of nitrogens with zero attached hydrogens (tertiary/aromatic N) is 4. The second-order valence-corrected chi connectivity index (χ2v) is 8.35. The van der Waals surface area contributed by atoms with Crippen LogP contribution in [0.15, 0.2) is 58.1 Å². The van der Waals surface area contributed by atoms with Crippen molar-refractivity contribution in [3.63, 3.8) is 0 Å². The fourth-order valence-electron chi connectivity index (χ4n) is 4.10. The topological polar surface area (TPSA) is 104 Å². The van der Waals surface area contributed by atoms with Gasteiger partial charge in [-0.25, -0.2) is 13.6 Å². The third kappa shape index (κ3) is 5.09. The van der Waals surface area contributed by atoms with Crippen molar-refractivity contribution in [2.75, 3.05) is 19.7 Å². The Balaban J connectivity index is 1.79. The molecule has 1 amide bonds. The van der Waals surface area contributed by atoms with Crippen LogP contribution in [0.5, 0.6) is 0 Å². The molecule has 0 aliphatic carbocycles. The molecule has 2 heterocycles. The summed E-state index contributed by atoms with van der Waals surface area (Å²) in [5.74, 6) is -3.05. The molecule has 1 aliphatic rings. The molecule has 3 aromatic rings. The molecule has 1 saturated heterocycles. The Kier molecular flexibility index (Phi) is 7.37. The number of amides is 1. The molecule has 11 heteroatoms. The van der Waals surface area contributed by atoms with Gasteiger partial charge in [-0.2, -0.15) is 9.78 Å². The van der Waals surface area contributed by atoms with Crippen LogP contribution in [-0.4, -0.2) is 50.8 Å². The fourth-order valence-corrected chi connectivity index (χ4v) is 4.10. The van der Waals surface area contributed by atoms with Crippen LogP contribution < -0.4 is 11.2 Å². The number of esters is 1. The quantitative estimate of drug-likeness (QED) is 0.483. The second kappa shape index (κ2) is 10.6. The fraction of sp³-hybridized carbons (Fsp3) is 0.320. The van der Waals surface area contributed by atoms with E-state index in [2.05, 4.69) is 5.10 Å². The van der Waals surface area contributed by atoms with E-state index in [0.29, 0.717) is 23.1 Å². The van der Waals surface area contributed by atoms with Gasteiger partial charge >= 0.3 is 11.7 Å². The number of carbonyl (C=O) groups is 2. The number of likely N-dealkylation sites (tertiary alicyclic amines) is 1. The molecule has 0 N–H and O–H groups in total. The summed E-state index contributed by atoms with van der Waals surface area (Å²) in [6.45, 7) is 1.89. The molecule has 0 bridgehead atoms. The lowest BCUT2D eigenvalue weighted by Gasteiger charge is -2.31. The van der Waals surface area contributed by atoms with Crippen molar-refractivity contribution in [3.05, 3.63) is 92.3 Å². The maximum absolute atomic E-state index is 14.6. The molecular formula is C25H24F2N4O5. The lowest BCUT2D eigenvalue weighted by molar-refractivity contribution is -0.149. The molecule has 1 aromatic heterocycles. The van der Waals surface area contributed by atoms with Crippen LogP contribution in [0.2, 0.25) is 0 Å². The Morgan fingerprint density at radius 3 is 2.50 bits per heavy atom. The van der Waals surface area contributed by atoms with E-state index >= 15 is 0 Å². The van der Waals surface area contributed by atoms with Gasteiger partial charge in [-0.3, -0.25) is 19.0 Å². The van der Waals surface area contributed by atoms with E-state index in [-0.39, 0.29) is 31.9 Å². The molecule has 188 valence electrons. The van der Waals surface area contributed by atoms with Gasteiger partial charge in [-0.15, -0.1) is 0 Å². The Bertz CT molecular complexity index is 1400. The summed E-state index contributed by atoms with van der Waals surface area (Å²) in [4.78, 5) is 53.5. The molecule has 0 unspecified atom stereocenters. The minimum absolute atomic E-state index is 0.0234. The van der Waals surface area contributed by atoms with Gasteiger partial charge in [-0.1, -0.05) is 24.3 Å². The highest BCUT2D eigenvalue weighted by Gasteiger charge is 2.32. The first-order valence-corrected chi connectivity index (χ1v) is 11.5. The zero-order valence-corrected chi connectivity index (χ0v) is 19.5. The van der Waals surface area contributed by atoms with E-state index < -0.39 is 46.4 Å². The standard InChI is InChI=1S/C25H24F2N4O5/c1-2-36-24(34)17-6-5-13-29(15-17)22(32)21-23(33)30(14-16-9-11-18(26)12-10-16)25(35)31(28-21)20-8-4-3-7-19(20)27/h3-4,7-12,17H,2,5-6,13-15H2,1H3/t17-/m0/s1. The van der Waals surface area contributed by atoms with Gasteiger partial charge in [0.15, 0.2) is 0 Å². The third-order valence-electron chi connectivity index (χ3n) is 5.93. The van der Waals surface area contributed by atoms with E-state index in [1.165, 1.54) is 47.4 Å². The van der Waals surface area contributed by atoms with Crippen LogP contribution >= 0.6 is 0 Å². The van der Waals surface area contributed by atoms with Crippen LogP contribution in [0.25, 0.3) is 5.69 Å². The van der Waals surface area contributed by atoms with Gasteiger partial charge in [-0.05, 0) is 49.6 Å². The first kappa shape index (κ1) is 25.0. The second-order valence-electron chi connectivity index (χ2n) is 8.35. The van der Waals surface area contributed by atoms with Crippen LogP contribution in [0, 0.1) is 17.6 Å². The largest absolute Gasteiger partial charge is 0.466 e. The molecule has 1 aliphatic heterocycles. The van der Waals surface area contributed by atoms with Crippen molar-refractivity contribution >= 4 is 11.9 Å². The van der Waals surface area contributed by atoms with E-state index in [1.54, 1.807) is 6.92 Å². The zero-order chi connectivity index (χ0) is 25.8. The summed E-state index contributed by atoms with van der Waals surface area (Å²) < 4.78 is 34.4. The van der Waals surface area contributed by atoms with E-state index in [4.69, 9.17) is 4.74 Å². The van der Waals surface area contributed by atoms with Crippen LogP contribution in [-0.2, 0) is 16.1 Å². The Hall–Kier alpha value is -4.15. The Morgan fingerprint density at radius 2 is 1.81 bits per heavy atom. The van der Waals surface area contributed by atoms with Crippen LogP contribution in [0.3, 0.4) is 0 Å². The number of rotatable bonds is 6. The van der Waals surface area contributed by atoms with Crippen molar-refractivity contribution < 1.29 is 23.1 Å². The summed E-state index contributed by atoms with van der Waals surface area (Å²) in [7, 11) is 0. The highest BCUT2D eigenvalue weighted by atomic mass is 19.1. The number of piperidine rings is 1. The van der Waals surface area contributed by atoms with Gasteiger partial charge in [0.1, 0.15) is 17.3 Å². The first-order valence-electron chi connectivity index (χ1n) is 11.5. The minimum atomic E-state index is -0.972. The summed E-state index contributed by atoms with van der Waals surface area (Å²) in [5, 5.41) is 3.96. The monoisotopic (exact) mass is 498 g/mol. The van der Waals surface area contributed by atoms with Crippen LogP contribution in [0.4, 0.5) is 8.78 Å². The molecule has 1 fully saturated rings. The van der Waals surface area contributed by atoms with Crippen molar-refractivity contribution in [2.24, 2.45) is 5.92 Å². The number of aromatic nitrogens is 3. The molecule has 1 atom stereocenters. The smallest absolute Gasteiger partial charge is 0.352 e. The molecule has 36 heavy (non-hydrogen) atoms. The SMILES string of the molecule is CCOC(=O)[C@H]1CCCN(C(=O)c2nn(-c3ccccc3F)c(=O)n(Cc3ccc(F)cc3)c2=O)C1. The van der Waals surface area contributed by atoms with Crippen molar-refractivity contribution in [1.82, 2.24) is 19.2 Å². The molecule has 0 saturated carbocycles. The summed E-state index contributed by atoms with van der Waals surface area (Å²) in [5.41, 5.74) is -2.35. The van der Waals surface area contributed by atoms with E-state index in [1.807, 2.05) is 0 Å².